The van der Waals surface area contributed by atoms with E-state index in [0.717, 1.165) is 11.3 Å². The average Bonchev–Trinajstić information content (AvgIpc) is 2.96. The molecule has 0 aliphatic carbocycles. The Balaban J connectivity index is 1.97. The molecule has 0 radical (unpaired) electrons. The second-order valence-corrected chi connectivity index (χ2v) is 4.57. The zero-order valence-electron chi connectivity index (χ0n) is 12.8. The molecule has 0 N–H and O–H groups in total. The van der Waals surface area contributed by atoms with E-state index in [9.17, 15) is 4.79 Å². The monoisotopic (exact) mass is 302 g/mol. The minimum atomic E-state index is -0.459. The molecule has 0 atom stereocenters. The van der Waals surface area contributed by atoms with Crippen LogP contribution in [0.15, 0.2) is 40.8 Å². The Labute approximate surface area is 129 Å². The normalized spacial score (nSPS) is 10.7. The van der Waals surface area contributed by atoms with E-state index in [1.165, 1.54) is 6.08 Å². The molecule has 0 unspecified atom stereocenters. The fraction of sp³-hybridized carbons (Fsp3) is 0.235. The lowest BCUT2D eigenvalue weighted by molar-refractivity contribution is -0.138. The number of hydrogen-bond acceptors (Lipinski definition) is 5. The molecule has 5 nitrogen and oxygen atoms in total. The van der Waals surface area contributed by atoms with Gasteiger partial charge in [0.15, 0.2) is 0 Å². The molecule has 0 saturated heterocycles. The van der Waals surface area contributed by atoms with Gasteiger partial charge in [-0.1, -0.05) is 0 Å². The van der Waals surface area contributed by atoms with E-state index in [1.807, 2.05) is 13.0 Å². The van der Waals surface area contributed by atoms with Crippen LogP contribution in [-0.2, 0) is 16.1 Å². The lowest BCUT2D eigenvalue weighted by Crippen LogP contribution is -2.02. The standard InChI is InChI=1S/C17H18O5/c1-12-4-5-14(22-12)7-9-17(18)21-11-13-10-15(19-2)6-8-16(13)20-3/h4-10H,11H2,1-3H3/b9-7+. The van der Waals surface area contributed by atoms with Crippen molar-refractivity contribution in [3.05, 3.63) is 53.5 Å². The Morgan fingerprint density at radius 2 is 2.00 bits per heavy atom. The number of esters is 1. The Bertz CT molecular complexity index is 669. The zero-order chi connectivity index (χ0) is 15.9. The second kappa shape index (κ2) is 7.36. The lowest BCUT2D eigenvalue weighted by Gasteiger charge is -2.10. The molecule has 116 valence electrons. The predicted molar refractivity (Wildman–Crippen MR) is 81.8 cm³/mol. The van der Waals surface area contributed by atoms with Crippen LogP contribution >= 0.6 is 0 Å². The summed E-state index contributed by atoms with van der Waals surface area (Å²) in [5, 5.41) is 0. The van der Waals surface area contributed by atoms with Gasteiger partial charge in [-0.2, -0.15) is 0 Å². The largest absolute Gasteiger partial charge is 0.497 e. The Kier molecular flexibility index (Phi) is 5.25. The Morgan fingerprint density at radius 3 is 2.64 bits per heavy atom. The number of ether oxygens (including phenoxy) is 3. The number of carbonyl (C=O) groups is 1. The number of aryl methyl sites for hydroxylation is 1. The SMILES string of the molecule is COc1ccc(OC)c(COC(=O)/C=C/c2ccc(C)o2)c1. The van der Waals surface area contributed by atoms with Gasteiger partial charge >= 0.3 is 5.97 Å². The first-order valence-electron chi connectivity index (χ1n) is 6.74. The van der Waals surface area contributed by atoms with Gasteiger partial charge < -0.3 is 18.6 Å². The number of rotatable bonds is 6. The first-order chi connectivity index (χ1) is 10.6. The first kappa shape index (κ1) is 15.7. The van der Waals surface area contributed by atoms with Gasteiger partial charge in [-0.25, -0.2) is 4.79 Å². The fourth-order valence-corrected chi connectivity index (χ4v) is 1.88. The van der Waals surface area contributed by atoms with E-state index < -0.39 is 5.97 Å². The number of benzene rings is 1. The molecule has 2 aromatic rings. The summed E-state index contributed by atoms with van der Waals surface area (Å²) in [7, 11) is 3.14. The van der Waals surface area contributed by atoms with Crippen LogP contribution in [0.4, 0.5) is 0 Å². The van der Waals surface area contributed by atoms with Crippen molar-refractivity contribution in [3.8, 4) is 11.5 Å². The van der Waals surface area contributed by atoms with Crippen LogP contribution in [0.5, 0.6) is 11.5 Å². The van der Waals surface area contributed by atoms with Crippen molar-refractivity contribution in [1.29, 1.82) is 0 Å². The van der Waals surface area contributed by atoms with E-state index >= 15 is 0 Å². The van der Waals surface area contributed by atoms with Gasteiger partial charge in [-0.05, 0) is 43.3 Å². The van der Waals surface area contributed by atoms with Crippen LogP contribution in [-0.4, -0.2) is 20.2 Å². The van der Waals surface area contributed by atoms with Crippen LogP contribution in [0.2, 0.25) is 0 Å². The quantitative estimate of drug-likeness (QED) is 0.605. The molecule has 1 aromatic carbocycles. The van der Waals surface area contributed by atoms with Crippen molar-refractivity contribution in [2.45, 2.75) is 13.5 Å². The summed E-state index contributed by atoms with van der Waals surface area (Å²) < 4.78 is 20.9. The molecule has 0 aliphatic heterocycles. The molecular formula is C17H18O5. The summed E-state index contributed by atoms with van der Waals surface area (Å²) in [6.07, 6.45) is 2.89. The van der Waals surface area contributed by atoms with Crippen molar-refractivity contribution >= 4 is 12.0 Å². The number of methoxy groups -OCH3 is 2. The lowest BCUT2D eigenvalue weighted by atomic mass is 10.2. The molecule has 1 heterocycles. The molecule has 0 amide bonds. The predicted octanol–water partition coefficient (Wildman–Crippen LogP) is 3.36. The Morgan fingerprint density at radius 1 is 1.18 bits per heavy atom. The average molecular weight is 302 g/mol. The third-order valence-electron chi connectivity index (χ3n) is 3.00. The smallest absolute Gasteiger partial charge is 0.331 e. The van der Waals surface area contributed by atoms with Gasteiger partial charge in [-0.3, -0.25) is 0 Å². The van der Waals surface area contributed by atoms with E-state index in [1.54, 1.807) is 44.6 Å². The maximum Gasteiger partial charge on any atom is 0.331 e. The van der Waals surface area contributed by atoms with Gasteiger partial charge in [0, 0.05) is 11.6 Å². The molecular weight excluding hydrogens is 284 g/mol. The van der Waals surface area contributed by atoms with E-state index in [4.69, 9.17) is 18.6 Å². The molecule has 0 saturated carbocycles. The van der Waals surface area contributed by atoms with Crippen LogP contribution in [0.25, 0.3) is 6.08 Å². The maximum absolute atomic E-state index is 11.7. The molecule has 22 heavy (non-hydrogen) atoms. The van der Waals surface area contributed by atoms with Crippen molar-refractivity contribution in [2.75, 3.05) is 14.2 Å². The van der Waals surface area contributed by atoms with Crippen LogP contribution in [0, 0.1) is 6.92 Å². The van der Waals surface area contributed by atoms with Gasteiger partial charge in [-0.15, -0.1) is 0 Å². The summed E-state index contributed by atoms with van der Waals surface area (Å²) in [5.41, 5.74) is 0.734. The highest BCUT2D eigenvalue weighted by atomic mass is 16.5. The Hall–Kier alpha value is -2.69. The van der Waals surface area contributed by atoms with Gasteiger partial charge in [0.1, 0.15) is 29.6 Å². The molecule has 0 aliphatic rings. The van der Waals surface area contributed by atoms with Crippen molar-refractivity contribution in [3.63, 3.8) is 0 Å². The first-order valence-corrected chi connectivity index (χ1v) is 6.74. The zero-order valence-corrected chi connectivity index (χ0v) is 12.8. The summed E-state index contributed by atoms with van der Waals surface area (Å²) in [6.45, 7) is 1.94. The second-order valence-electron chi connectivity index (χ2n) is 4.57. The third kappa shape index (κ3) is 4.15. The van der Waals surface area contributed by atoms with Crippen LogP contribution < -0.4 is 9.47 Å². The molecule has 1 aromatic heterocycles. The molecule has 0 fully saturated rings. The highest BCUT2D eigenvalue weighted by Gasteiger charge is 2.07. The molecule has 0 spiro atoms. The summed E-state index contributed by atoms with van der Waals surface area (Å²) >= 11 is 0. The molecule has 2 rings (SSSR count). The van der Waals surface area contributed by atoms with Crippen molar-refractivity contribution < 1.29 is 23.4 Å². The minimum Gasteiger partial charge on any atom is -0.497 e. The maximum atomic E-state index is 11.7. The van der Waals surface area contributed by atoms with Crippen molar-refractivity contribution in [1.82, 2.24) is 0 Å². The van der Waals surface area contributed by atoms with Gasteiger partial charge in [0.25, 0.3) is 0 Å². The number of hydrogen-bond donors (Lipinski definition) is 0. The third-order valence-corrected chi connectivity index (χ3v) is 3.00. The fourth-order valence-electron chi connectivity index (χ4n) is 1.88. The summed E-state index contributed by atoms with van der Waals surface area (Å²) in [4.78, 5) is 11.7. The van der Waals surface area contributed by atoms with Gasteiger partial charge in [0.2, 0.25) is 0 Å². The van der Waals surface area contributed by atoms with Gasteiger partial charge in [0.05, 0.1) is 14.2 Å². The number of carbonyl (C=O) groups excluding carboxylic acids is 1. The highest BCUT2D eigenvalue weighted by molar-refractivity contribution is 5.86. The summed E-state index contributed by atoms with van der Waals surface area (Å²) in [5.74, 6) is 2.24. The van der Waals surface area contributed by atoms with Crippen LogP contribution in [0.1, 0.15) is 17.1 Å². The topological polar surface area (TPSA) is 57.9 Å². The van der Waals surface area contributed by atoms with E-state index in [-0.39, 0.29) is 6.61 Å². The minimum absolute atomic E-state index is 0.0979. The number of furan rings is 1. The van der Waals surface area contributed by atoms with Crippen molar-refractivity contribution in [2.24, 2.45) is 0 Å². The summed E-state index contributed by atoms with van der Waals surface area (Å²) in [6, 6.07) is 8.93. The van der Waals surface area contributed by atoms with E-state index in [2.05, 4.69) is 0 Å². The highest BCUT2D eigenvalue weighted by Crippen LogP contribution is 2.24. The molecule has 5 heteroatoms. The van der Waals surface area contributed by atoms with Crippen LogP contribution in [0.3, 0.4) is 0 Å². The molecule has 0 bridgehead atoms. The van der Waals surface area contributed by atoms with E-state index in [0.29, 0.717) is 17.3 Å².